The molecule has 2 atom stereocenters. The predicted molar refractivity (Wildman–Crippen MR) is 54.2 cm³/mol. The largest absolute Gasteiger partial charge is 0.463 e. The van der Waals surface area contributed by atoms with Gasteiger partial charge in [-0.3, -0.25) is 0 Å². The lowest BCUT2D eigenvalue weighted by Crippen LogP contribution is -2.23. The lowest BCUT2D eigenvalue weighted by molar-refractivity contribution is -0.146. The number of hydrogen-bond donors (Lipinski definition) is 0. The van der Waals surface area contributed by atoms with Crippen LogP contribution in [0.2, 0.25) is 0 Å². The predicted octanol–water partition coefficient (Wildman–Crippen LogP) is 2.46. The van der Waals surface area contributed by atoms with E-state index >= 15 is 0 Å². The summed E-state index contributed by atoms with van der Waals surface area (Å²) in [6.07, 6.45) is 4.05. The Morgan fingerprint density at radius 1 is 1.50 bits per heavy atom. The number of carbonyl (C=O) groups is 1. The van der Waals surface area contributed by atoms with Crippen LogP contribution >= 0.6 is 11.6 Å². The minimum absolute atomic E-state index is 0.144. The summed E-state index contributed by atoms with van der Waals surface area (Å²) in [5, 5.41) is -1.16. The summed E-state index contributed by atoms with van der Waals surface area (Å²) in [5.74, 6) is -0.442. The zero-order valence-corrected chi connectivity index (χ0v) is 9.47. The highest BCUT2D eigenvalue weighted by Gasteiger charge is 2.62. The molecule has 0 aromatic heterocycles. The Bertz CT molecular complexity index is 208. The average Bonchev–Trinajstić information content (AvgIpc) is 2.80. The first kappa shape index (κ1) is 11.8. The molecule has 0 aliphatic carbocycles. The second-order valence-corrected chi connectivity index (χ2v) is 4.03. The molecule has 1 aliphatic rings. The third kappa shape index (κ3) is 2.61. The molecule has 0 aromatic rings. The summed E-state index contributed by atoms with van der Waals surface area (Å²) >= 11 is 5.92. The molecule has 1 rings (SSSR count). The van der Waals surface area contributed by atoms with E-state index in [1.54, 1.807) is 6.92 Å². The van der Waals surface area contributed by atoms with Crippen molar-refractivity contribution in [3.05, 3.63) is 0 Å². The Hall–Kier alpha value is -0.280. The average molecular weight is 221 g/mol. The van der Waals surface area contributed by atoms with Crippen molar-refractivity contribution in [2.24, 2.45) is 0 Å². The molecule has 1 heterocycles. The second kappa shape index (κ2) is 4.99. The van der Waals surface area contributed by atoms with Gasteiger partial charge >= 0.3 is 5.97 Å². The second-order valence-electron chi connectivity index (χ2n) is 3.47. The van der Waals surface area contributed by atoms with Crippen LogP contribution in [0.25, 0.3) is 0 Å². The maximum atomic E-state index is 11.3. The lowest BCUT2D eigenvalue weighted by Gasteiger charge is -2.03. The normalized spacial score (nSPS) is 30.1. The summed E-state index contributed by atoms with van der Waals surface area (Å²) in [6, 6.07) is 0. The monoisotopic (exact) mass is 220 g/mol. The van der Waals surface area contributed by atoms with E-state index in [-0.39, 0.29) is 6.10 Å². The Kier molecular flexibility index (Phi) is 4.20. The van der Waals surface area contributed by atoms with E-state index in [4.69, 9.17) is 21.1 Å². The Morgan fingerprint density at radius 3 is 2.79 bits per heavy atom. The minimum Gasteiger partial charge on any atom is -0.463 e. The van der Waals surface area contributed by atoms with E-state index in [0.29, 0.717) is 6.61 Å². The molecular formula is C10H17ClO3. The fourth-order valence-corrected chi connectivity index (χ4v) is 1.68. The third-order valence-electron chi connectivity index (χ3n) is 2.29. The van der Waals surface area contributed by atoms with Gasteiger partial charge in [0.15, 0.2) is 0 Å². The molecule has 4 heteroatoms. The van der Waals surface area contributed by atoms with E-state index in [0.717, 1.165) is 25.7 Å². The van der Waals surface area contributed by atoms with Crippen LogP contribution in [0.1, 0.15) is 39.5 Å². The van der Waals surface area contributed by atoms with Gasteiger partial charge in [0, 0.05) is 0 Å². The van der Waals surface area contributed by atoms with Crippen molar-refractivity contribution in [1.29, 1.82) is 0 Å². The highest BCUT2D eigenvalue weighted by Crippen LogP contribution is 2.44. The van der Waals surface area contributed by atoms with Gasteiger partial charge in [-0.15, -0.1) is 0 Å². The molecule has 0 N–H and O–H groups in total. The van der Waals surface area contributed by atoms with Crippen LogP contribution in [0.5, 0.6) is 0 Å². The summed E-state index contributed by atoms with van der Waals surface area (Å²) in [4.78, 5) is 11.3. The van der Waals surface area contributed by atoms with Crippen molar-refractivity contribution in [2.45, 2.75) is 50.7 Å². The molecular weight excluding hydrogens is 204 g/mol. The van der Waals surface area contributed by atoms with Gasteiger partial charge in [-0.25, -0.2) is 4.79 Å². The number of rotatable bonds is 6. The smallest absolute Gasteiger partial charge is 0.357 e. The number of unbranched alkanes of at least 4 members (excludes halogenated alkanes) is 2. The molecule has 82 valence electrons. The zero-order chi connectivity index (χ0) is 10.6. The number of alkyl halides is 1. The number of halogens is 1. The van der Waals surface area contributed by atoms with Gasteiger partial charge < -0.3 is 9.47 Å². The van der Waals surface area contributed by atoms with Gasteiger partial charge in [0.1, 0.15) is 6.10 Å². The Morgan fingerprint density at radius 2 is 2.21 bits per heavy atom. The Labute approximate surface area is 89.7 Å². The molecule has 1 aliphatic heterocycles. The van der Waals surface area contributed by atoms with Crippen LogP contribution < -0.4 is 0 Å². The van der Waals surface area contributed by atoms with Crippen LogP contribution in [0.4, 0.5) is 0 Å². The minimum atomic E-state index is -1.16. The SMILES string of the molecule is CCCCCC1OC1(Cl)C(=O)OCC. The number of carbonyl (C=O) groups excluding carboxylic acids is 1. The Balaban J connectivity index is 2.24. The van der Waals surface area contributed by atoms with Gasteiger partial charge in [0.05, 0.1) is 6.61 Å². The van der Waals surface area contributed by atoms with Crippen molar-refractivity contribution < 1.29 is 14.3 Å². The molecule has 0 radical (unpaired) electrons. The molecule has 0 aromatic carbocycles. The lowest BCUT2D eigenvalue weighted by atomic mass is 10.1. The van der Waals surface area contributed by atoms with Crippen LogP contribution in [0.15, 0.2) is 0 Å². The number of ether oxygens (including phenoxy) is 2. The van der Waals surface area contributed by atoms with E-state index < -0.39 is 11.0 Å². The van der Waals surface area contributed by atoms with E-state index in [9.17, 15) is 4.79 Å². The van der Waals surface area contributed by atoms with Crippen molar-refractivity contribution in [1.82, 2.24) is 0 Å². The maximum absolute atomic E-state index is 11.3. The maximum Gasteiger partial charge on any atom is 0.357 e. The van der Waals surface area contributed by atoms with Crippen LogP contribution in [-0.4, -0.2) is 23.7 Å². The van der Waals surface area contributed by atoms with Crippen LogP contribution in [0.3, 0.4) is 0 Å². The van der Waals surface area contributed by atoms with E-state index in [1.807, 2.05) is 0 Å². The molecule has 1 fully saturated rings. The molecule has 1 saturated heterocycles. The number of epoxide rings is 1. The quantitative estimate of drug-likeness (QED) is 0.299. The van der Waals surface area contributed by atoms with Crippen molar-refractivity contribution in [3.63, 3.8) is 0 Å². The molecule has 0 amide bonds. The summed E-state index contributed by atoms with van der Waals surface area (Å²) in [6.45, 7) is 4.23. The first-order valence-electron chi connectivity index (χ1n) is 5.19. The standard InChI is InChI=1S/C10H17ClO3/c1-3-5-6-7-8-10(11,14-8)9(12)13-4-2/h8H,3-7H2,1-2H3. The van der Waals surface area contributed by atoms with Crippen molar-refractivity contribution in [3.8, 4) is 0 Å². The highest BCUT2D eigenvalue weighted by atomic mass is 35.5. The van der Waals surface area contributed by atoms with Crippen molar-refractivity contribution >= 4 is 17.6 Å². The molecule has 0 saturated carbocycles. The first-order valence-corrected chi connectivity index (χ1v) is 5.56. The summed E-state index contributed by atoms with van der Waals surface area (Å²) in [7, 11) is 0. The van der Waals surface area contributed by atoms with E-state index in [2.05, 4.69) is 6.92 Å². The third-order valence-corrected chi connectivity index (χ3v) is 2.78. The molecule has 3 nitrogen and oxygen atoms in total. The molecule has 2 unspecified atom stereocenters. The van der Waals surface area contributed by atoms with Gasteiger partial charge in [0.2, 0.25) is 0 Å². The van der Waals surface area contributed by atoms with E-state index in [1.165, 1.54) is 0 Å². The van der Waals surface area contributed by atoms with Crippen LogP contribution in [0, 0.1) is 0 Å². The number of hydrogen-bond acceptors (Lipinski definition) is 3. The van der Waals surface area contributed by atoms with Gasteiger partial charge in [-0.1, -0.05) is 37.8 Å². The van der Waals surface area contributed by atoms with Gasteiger partial charge in [-0.05, 0) is 13.3 Å². The number of esters is 1. The van der Waals surface area contributed by atoms with Crippen LogP contribution in [-0.2, 0) is 14.3 Å². The topological polar surface area (TPSA) is 38.8 Å². The fraction of sp³-hybridized carbons (Fsp3) is 0.900. The molecule has 0 spiro atoms. The summed E-state index contributed by atoms with van der Waals surface area (Å²) in [5.41, 5.74) is 0. The highest BCUT2D eigenvalue weighted by molar-refractivity contribution is 6.35. The molecule has 14 heavy (non-hydrogen) atoms. The first-order chi connectivity index (χ1) is 6.65. The summed E-state index contributed by atoms with van der Waals surface area (Å²) < 4.78 is 9.97. The van der Waals surface area contributed by atoms with Crippen molar-refractivity contribution in [2.75, 3.05) is 6.61 Å². The molecule has 0 bridgehead atoms. The van der Waals surface area contributed by atoms with Gasteiger partial charge in [-0.2, -0.15) is 0 Å². The van der Waals surface area contributed by atoms with Gasteiger partial charge in [0.25, 0.3) is 5.06 Å². The fourth-order valence-electron chi connectivity index (χ4n) is 1.41. The zero-order valence-electron chi connectivity index (χ0n) is 8.72.